The van der Waals surface area contributed by atoms with Crippen LogP contribution in [0.25, 0.3) is 0 Å². The van der Waals surface area contributed by atoms with Gasteiger partial charge in [-0.25, -0.2) is 0 Å². The summed E-state index contributed by atoms with van der Waals surface area (Å²) in [5, 5.41) is 12.3. The van der Waals surface area contributed by atoms with E-state index in [1.54, 1.807) is 16.7 Å². The van der Waals surface area contributed by atoms with E-state index in [0.717, 1.165) is 12.8 Å². The maximum atomic E-state index is 12.5. The second kappa shape index (κ2) is 8.71. The molecule has 0 bridgehead atoms. The van der Waals surface area contributed by atoms with Crippen LogP contribution in [0.1, 0.15) is 39.0 Å². The predicted molar refractivity (Wildman–Crippen MR) is 90.6 cm³/mol. The first kappa shape index (κ1) is 19.1. The predicted octanol–water partition coefficient (Wildman–Crippen LogP) is 1.08. The van der Waals surface area contributed by atoms with E-state index in [1.807, 2.05) is 6.92 Å². The van der Waals surface area contributed by atoms with Gasteiger partial charge in [0.15, 0.2) is 0 Å². The van der Waals surface area contributed by atoms with Crippen molar-refractivity contribution in [3.05, 3.63) is 0 Å². The molecule has 8 heteroatoms. The van der Waals surface area contributed by atoms with Crippen LogP contribution in [0.15, 0.2) is 0 Å². The third kappa shape index (κ3) is 4.42. The van der Waals surface area contributed by atoms with Gasteiger partial charge < -0.3 is 20.1 Å². The number of carbonyl (C=O) groups excluding carboxylic acids is 2. The molecule has 2 saturated heterocycles. The van der Waals surface area contributed by atoms with Crippen LogP contribution in [0.4, 0.5) is 0 Å². The summed E-state index contributed by atoms with van der Waals surface area (Å²) in [5.74, 6) is -0.0634. The van der Waals surface area contributed by atoms with Crippen molar-refractivity contribution in [2.24, 2.45) is 5.41 Å². The molecule has 0 aromatic carbocycles. The molecule has 2 fully saturated rings. The molecule has 0 aromatic rings. The van der Waals surface area contributed by atoms with Crippen molar-refractivity contribution in [3.63, 3.8) is 0 Å². The molecule has 2 rings (SSSR count). The van der Waals surface area contributed by atoms with Crippen LogP contribution >= 0.6 is 11.8 Å². The maximum Gasteiger partial charge on any atom is 0.311 e. The van der Waals surface area contributed by atoms with Gasteiger partial charge in [0.05, 0.1) is 11.3 Å². The highest BCUT2D eigenvalue weighted by atomic mass is 32.2. The van der Waals surface area contributed by atoms with Gasteiger partial charge in [0.1, 0.15) is 6.04 Å². The van der Waals surface area contributed by atoms with Gasteiger partial charge in [0.2, 0.25) is 11.8 Å². The Morgan fingerprint density at radius 2 is 2.04 bits per heavy atom. The number of carboxylic acid groups (broad SMARTS) is 1. The van der Waals surface area contributed by atoms with Gasteiger partial charge in [-0.15, -0.1) is 11.8 Å². The average molecular weight is 358 g/mol. The summed E-state index contributed by atoms with van der Waals surface area (Å²) in [6.07, 6.45) is 2.99. The molecule has 136 valence electrons. The largest absolute Gasteiger partial charge is 0.481 e. The lowest BCUT2D eigenvalue weighted by molar-refractivity contribution is -0.155. The minimum Gasteiger partial charge on any atom is -0.481 e. The Kier molecular flexibility index (Phi) is 6.91. The molecule has 2 aliphatic rings. The highest BCUT2D eigenvalue weighted by molar-refractivity contribution is 7.99. The van der Waals surface area contributed by atoms with Crippen molar-refractivity contribution in [1.82, 2.24) is 10.2 Å². The molecule has 0 saturated carbocycles. The summed E-state index contributed by atoms with van der Waals surface area (Å²) < 4.78 is 5.24. The van der Waals surface area contributed by atoms with Crippen LogP contribution in [-0.4, -0.2) is 65.2 Å². The van der Waals surface area contributed by atoms with E-state index in [-0.39, 0.29) is 18.4 Å². The van der Waals surface area contributed by atoms with E-state index >= 15 is 0 Å². The lowest BCUT2D eigenvalue weighted by Gasteiger charge is -2.33. The number of ether oxygens (including phenoxy) is 1. The second-order valence-electron chi connectivity index (χ2n) is 6.40. The zero-order valence-corrected chi connectivity index (χ0v) is 14.9. The van der Waals surface area contributed by atoms with Gasteiger partial charge in [-0.3, -0.25) is 14.4 Å². The Labute approximate surface area is 146 Å². The Balaban J connectivity index is 1.93. The van der Waals surface area contributed by atoms with Crippen molar-refractivity contribution in [2.45, 2.75) is 45.1 Å². The number of carboxylic acids is 1. The Morgan fingerprint density at radius 3 is 2.67 bits per heavy atom. The molecule has 2 aliphatic heterocycles. The minimum atomic E-state index is -0.962. The van der Waals surface area contributed by atoms with Crippen LogP contribution < -0.4 is 5.32 Å². The third-order valence-electron chi connectivity index (χ3n) is 4.75. The van der Waals surface area contributed by atoms with Gasteiger partial charge in [-0.2, -0.15) is 0 Å². The number of thioether (sulfide) groups is 1. The average Bonchev–Trinajstić information content (AvgIpc) is 3.08. The molecular formula is C16H26N2O5S. The highest BCUT2D eigenvalue weighted by Crippen LogP contribution is 2.30. The fourth-order valence-corrected chi connectivity index (χ4v) is 4.16. The number of unbranched alkanes of at least 4 members (excludes halogenated alkanes) is 1. The number of amides is 2. The third-order valence-corrected chi connectivity index (χ3v) is 5.77. The van der Waals surface area contributed by atoms with Crippen molar-refractivity contribution < 1.29 is 24.2 Å². The summed E-state index contributed by atoms with van der Waals surface area (Å²) in [6, 6.07) is -0.495. The fourth-order valence-electron chi connectivity index (χ4n) is 2.98. The van der Waals surface area contributed by atoms with E-state index in [9.17, 15) is 19.5 Å². The van der Waals surface area contributed by atoms with Gasteiger partial charge in [0.25, 0.3) is 0 Å². The maximum absolute atomic E-state index is 12.5. The summed E-state index contributed by atoms with van der Waals surface area (Å²) in [5.41, 5.74) is -0.962. The molecule has 0 radical (unpaired) electrons. The quantitative estimate of drug-likeness (QED) is 0.707. The molecule has 1 atom stereocenters. The van der Waals surface area contributed by atoms with Crippen molar-refractivity contribution in [1.29, 1.82) is 0 Å². The lowest BCUT2D eigenvalue weighted by Crippen LogP contribution is -2.52. The molecule has 1 unspecified atom stereocenters. The monoisotopic (exact) mass is 358 g/mol. The topological polar surface area (TPSA) is 95.9 Å². The number of hydrogen-bond acceptors (Lipinski definition) is 5. The molecule has 2 heterocycles. The SMILES string of the molecule is CCCCC(=O)N1CSCC1C(=O)NCC1(C(=O)O)CCOCC1. The molecule has 7 nitrogen and oxygen atoms in total. The van der Waals surface area contributed by atoms with Crippen molar-refractivity contribution in [3.8, 4) is 0 Å². The summed E-state index contributed by atoms with van der Waals surface area (Å²) in [6.45, 7) is 2.89. The molecule has 0 aliphatic carbocycles. The number of nitrogens with one attached hydrogen (secondary N) is 1. The first-order valence-corrected chi connectivity index (χ1v) is 9.62. The smallest absolute Gasteiger partial charge is 0.311 e. The molecule has 24 heavy (non-hydrogen) atoms. The number of nitrogens with zero attached hydrogens (tertiary/aromatic N) is 1. The van der Waals surface area contributed by atoms with E-state index in [2.05, 4.69) is 5.32 Å². The number of carbonyl (C=O) groups is 3. The Bertz CT molecular complexity index is 479. The van der Waals surface area contributed by atoms with E-state index in [4.69, 9.17) is 4.74 Å². The molecule has 0 spiro atoms. The molecule has 2 amide bonds. The molecular weight excluding hydrogens is 332 g/mol. The zero-order valence-electron chi connectivity index (χ0n) is 14.1. The van der Waals surface area contributed by atoms with Gasteiger partial charge in [-0.05, 0) is 19.3 Å². The van der Waals surface area contributed by atoms with Crippen LogP contribution in [-0.2, 0) is 19.1 Å². The van der Waals surface area contributed by atoms with Crippen molar-refractivity contribution in [2.75, 3.05) is 31.4 Å². The van der Waals surface area contributed by atoms with E-state index < -0.39 is 17.4 Å². The Hall–Kier alpha value is -1.28. The van der Waals surface area contributed by atoms with Crippen LogP contribution in [0.5, 0.6) is 0 Å². The van der Waals surface area contributed by atoms with Gasteiger partial charge in [0, 0.05) is 31.9 Å². The summed E-state index contributed by atoms with van der Waals surface area (Å²) in [4.78, 5) is 38.0. The summed E-state index contributed by atoms with van der Waals surface area (Å²) >= 11 is 1.56. The Morgan fingerprint density at radius 1 is 1.33 bits per heavy atom. The minimum absolute atomic E-state index is 0.000939. The standard InChI is InChI=1S/C16H26N2O5S/c1-2-3-4-13(19)18-11-24-9-12(18)14(20)17-10-16(15(21)22)5-7-23-8-6-16/h12H,2-11H2,1H3,(H,17,20)(H,21,22). The van der Waals surface area contributed by atoms with Crippen LogP contribution in [0, 0.1) is 5.41 Å². The molecule has 0 aromatic heterocycles. The number of hydrogen-bond donors (Lipinski definition) is 2. The zero-order chi connectivity index (χ0) is 17.6. The van der Waals surface area contributed by atoms with E-state index in [0.29, 0.717) is 44.1 Å². The van der Waals surface area contributed by atoms with Crippen LogP contribution in [0.3, 0.4) is 0 Å². The second-order valence-corrected chi connectivity index (χ2v) is 7.40. The first-order valence-electron chi connectivity index (χ1n) is 8.46. The highest BCUT2D eigenvalue weighted by Gasteiger charge is 2.42. The first-order chi connectivity index (χ1) is 11.5. The summed E-state index contributed by atoms with van der Waals surface area (Å²) in [7, 11) is 0. The van der Waals surface area contributed by atoms with Gasteiger partial charge >= 0.3 is 5.97 Å². The van der Waals surface area contributed by atoms with E-state index in [1.165, 1.54) is 0 Å². The number of rotatable bonds is 7. The van der Waals surface area contributed by atoms with Crippen molar-refractivity contribution >= 4 is 29.5 Å². The fraction of sp³-hybridized carbons (Fsp3) is 0.812. The lowest BCUT2D eigenvalue weighted by atomic mass is 9.80. The molecule has 2 N–H and O–H groups in total. The van der Waals surface area contributed by atoms with Crippen LogP contribution in [0.2, 0.25) is 0 Å². The van der Waals surface area contributed by atoms with Gasteiger partial charge in [-0.1, -0.05) is 13.3 Å². The normalized spacial score (nSPS) is 23.0. The number of aliphatic carboxylic acids is 1.